The van der Waals surface area contributed by atoms with E-state index in [1.807, 2.05) is 23.6 Å². The number of hydrogen-bond donors (Lipinski definition) is 1. The van der Waals surface area contributed by atoms with E-state index in [-0.39, 0.29) is 11.7 Å². The van der Waals surface area contributed by atoms with Gasteiger partial charge in [-0.1, -0.05) is 36.4 Å². The van der Waals surface area contributed by atoms with Crippen molar-refractivity contribution in [2.75, 3.05) is 19.5 Å². The van der Waals surface area contributed by atoms with Gasteiger partial charge in [0.25, 0.3) is 5.91 Å². The van der Waals surface area contributed by atoms with Crippen LogP contribution in [-0.4, -0.2) is 25.1 Å². The number of nitrogens with one attached hydrogen (secondary N) is 1. The Hall–Kier alpha value is -3.71. The maximum Gasteiger partial charge on any atom is 0.263 e. The Labute approximate surface area is 183 Å². The average molecular weight is 434 g/mol. The van der Waals surface area contributed by atoms with E-state index in [1.165, 1.54) is 31.6 Å². The number of nitrogens with zero attached hydrogens (tertiary/aromatic N) is 1. The first-order valence-electron chi connectivity index (χ1n) is 9.44. The maximum atomic E-state index is 14.2. The molecule has 0 saturated heterocycles. The lowest BCUT2D eigenvalue weighted by Crippen LogP contribution is -2.15. The van der Waals surface area contributed by atoms with Crippen LogP contribution in [0.5, 0.6) is 11.5 Å². The van der Waals surface area contributed by atoms with Crippen molar-refractivity contribution in [3.8, 4) is 33.3 Å². The van der Waals surface area contributed by atoms with Crippen molar-refractivity contribution in [3.05, 3.63) is 83.5 Å². The number of carbonyl (C=O) groups is 1. The van der Waals surface area contributed by atoms with Gasteiger partial charge in [-0.3, -0.25) is 4.79 Å². The molecule has 0 atom stereocenters. The molecule has 0 saturated carbocycles. The fraction of sp³-hybridized carbons (Fsp3) is 0.0833. The monoisotopic (exact) mass is 434 g/mol. The molecule has 4 rings (SSSR count). The first kappa shape index (κ1) is 20.6. The van der Waals surface area contributed by atoms with Gasteiger partial charge < -0.3 is 14.8 Å². The molecule has 3 aromatic carbocycles. The van der Waals surface area contributed by atoms with Gasteiger partial charge in [-0.25, -0.2) is 9.37 Å². The van der Waals surface area contributed by atoms with Crippen LogP contribution in [0, 0.1) is 5.82 Å². The van der Waals surface area contributed by atoms with Crippen molar-refractivity contribution in [2.45, 2.75) is 0 Å². The Kier molecular flexibility index (Phi) is 5.95. The van der Waals surface area contributed by atoms with Gasteiger partial charge in [0.2, 0.25) is 0 Å². The Morgan fingerprint density at radius 1 is 0.903 bits per heavy atom. The molecule has 0 radical (unpaired) electrons. The first-order chi connectivity index (χ1) is 15.1. The average Bonchev–Trinajstić information content (AvgIpc) is 3.28. The number of para-hydroxylation sites is 1. The van der Waals surface area contributed by atoms with Crippen molar-refractivity contribution in [2.24, 2.45) is 0 Å². The van der Waals surface area contributed by atoms with Gasteiger partial charge in [-0.15, -0.1) is 11.3 Å². The van der Waals surface area contributed by atoms with Gasteiger partial charge in [-0.2, -0.15) is 0 Å². The quantitative estimate of drug-likeness (QED) is 0.411. The predicted molar refractivity (Wildman–Crippen MR) is 120 cm³/mol. The van der Waals surface area contributed by atoms with E-state index in [0.717, 1.165) is 5.56 Å². The number of anilines is 1. The van der Waals surface area contributed by atoms with Gasteiger partial charge in [0.05, 0.1) is 25.6 Å². The molecule has 1 N–H and O–H groups in total. The number of rotatable bonds is 6. The number of benzene rings is 3. The summed E-state index contributed by atoms with van der Waals surface area (Å²) in [6, 6.07) is 19.0. The zero-order valence-corrected chi connectivity index (χ0v) is 17.7. The van der Waals surface area contributed by atoms with Crippen molar-refractivity contribution >= 4 is 22.9 Å². The molecule has 0 bridgehead atoms. The number of carbonyl (C=O) groups excluding carboxylic acids is 1. The highest BCUT2D eigenvalue weighted by Gasteiger charge is 2.20. The standard InChI is InChI=1S/C24H19FN2O3S/c1-29-20-12-7-13-21(30-2)22(20)23(28)26-18-11-6-4-9-16(18)19-14-31-24(27-19)15-8-3-5-10-17(15)25/h3-14H,1-2H3,(H,26,28). The third-order valence-electron chi connectivity index (χ3n) is 4.71. The van der Waals surface area contributed by atoms with Gasteiger partial charge >= 0.3 is 0 Å². The maximum absolute atomic E-state index is 14.2. The summed E-state index contributed by atoms with van der Waals surface area (Å²) in [4.78, 5) is 17.7. The molecule has 0 aliphatic heterocycles. The zero-order chi connectivity index (χ0) is 21.8. The lowest BCUT2D eigenvalue weighted by molar-refractivity contribution is 0.102. The third-order valence-corrected chi connectivity index (χ3v) is 5.59. The third kappa shape index (κ3) is 4.13. The van der Waals surface area contributed by atoms with Crippen LogP contribution in [0.3, 0.4) is 0 Å². The Morgan fingerprint density at radius 2 is 1.55 bits per heavy atom. The summed E-state index contributed by atoms with van der Waals surface area (Å²) in [6.45, 7) is 0. The molecule has 0 aliphatic rings. The van der Waals surface area contributed by atoms with E-state index < -0.39 is 0 Å². The van der Waals surface area contributed by atoms with Crippen LogP contribution in [0.4, 0.5) is 10.1 Å². The minimum Gasteiger partial charge on any atom is -0.496 e. The van der Waals surface area contributed by atoms with E-state index in [4.69, 9.17) is 9.47 Å². The molecule has 1 amide bonds. The molecular formula is C24H19FN2O3S. The van der Waals surface area contributed by atoms with E-state index >= 15 is 0 Å². The molecule has 0 aliphatic carbocycles. The number of hydrogen-bond acceptors (Lipinski definition) is 5. The van der Waals surface area contributed by atoms with Gasteiger partial charge in [0.15, 0.2) is 0 Å². The Morgan fingerprint density at radius 3 is 2.23 bits per heavy atom. The molecule has 1 heterocycles. The fourth-order valence-corrected chi connectivity index (χ4v) is 4.08. The number of amides is 1. The lowest BCUT2D eigenvalue weighted by Gasteiger charge is -2.14. The van der Waals surface area contributed by atoms with E-state index in [2.05, 4.69) is 10.3 Å². The van der Waals surface area contributed by atoms with Crippen LogP contribution in [0.2, 0.25) is 0 Å². The highest BCUT2D eigenvalue weighted by molar-refractivity contribution is 7.13. The number of ether oxygens (including phenoxy) is 2. The van der Waals surface area contributed by atoms with Gasteiger partial charge in [0.1, 0.15) is 27.9 Å². The predicted octanol–water partition coefficient (Wildman–Crippen LogP) is 5.89. The summed E-state index contributed by atoms with van der Waals surface area (Å²) in [5, 5.41) is 5.34. The molecule has 0 fully saturated rings. The molecule has 0 spiro atoms. The summed E-state index contributed by atoms with van der Waals surface area (Å²) in [7, 11) is 3.00. The van der Waals surface area contributed by atoms with Crippen LogP contribution in [0.25, 0.3) is 21.8 Å². The largest absolute Gasteiger partial charge is 0.496 e. The van der Waals surface area contributed by atoms with Crippen LogP contribution in [0.1, 0.15) is 10.4 Å². The van der Waals surface area contributed by atoms with Crippen LogP contribution < -0.4 is 14.8 Å². The minimum absolute atomic E-state index is 0.299. The second-order valence-electron chi connectivity index (χ2n) is 6.55. The van der Waals surface area contributed by atoms with Crippen LogP contribution in [0.15, 0.2) is 72.1 Å². The molecule has 1 aromatic heterocycles. The molecule has 0 unspecified atom stereocenters. The Bertz CT molecular complexity index is 1220. The second-order valence-corrected chi connectivity index (χ2v) is 7.41. The van der Waals surface area contributed by atoms with Crippen LogP contribution in [-0.2, 0) is 0 Å². The first-order valence-corrected chi connectivity index (χ1v) is 10.3. The summed E-state index contributed by atoms with van der Waals surface area (Å²) < 4.78 is 24.8. The zero-order valence-electron chi connectivity index (χ0n) is 16.9. The highest BCUT2D eigenvalue weighted by atomic mass is 32.1. The van der Waals surface area contributed by atoms with E-state index in [1.54, 1.807) is 42.5 Å². The second kappa shape index (κ2) is 8.97. The van der Waals surface area contributed by atoms with E-state index in [0.29, 0.717) is 39.0 Å². The Balaban J connectivity index is 1.69. The number of thiazole rings is 1. The summed E-state index contributed by atoms with van der Waals surface area (Å²) in [5.74, 6) is 0.120. The van der Waals surface area contributed by atoms with Crippen molar-refractivity contribution in [3.63, 3.8) is 0 Å². The number of methoxy groups -OCH3 is 2. The highest BCUT2D eigenvalue weighted by Crippen LogP contribution is 2.35. The van der Waals surface area contributed by atoms with Crippen molar-refractivity contribution in [1.82, 2.24) is 4.98 Å². The molecule has 31 heavy (non-hydrogen) atoms. The number of halogens is 1. The SMILES string of the molecule is COc1cccc(OC)c1C(=O)Nc1ccccc1-c1csc(-c2ccccc2F)n1. The van der Waals surface area contributed by atoms with Crippen LogP contribution >= 0.6 is 11.3 Å². The summed E-state index contributed by atoms with van der Waals surface area (Å²) in [6.07, 6.45) is 0. The number of aromatic nitrogens is 1. The molecular weight excluding hydrogens is 415 g/mol. The normalized spacial score (nSPS) is 10.5. The molecule has 7 heteroatoms. The topological polar surface area (TPSA) is 60.5 Å². The van der Waals surface area contributed by atoms with Crippen molar-refractivity contribution in [1.29, 1.82) is 0 Å². The lowest BCUT2D eigenvalue weighted by atomic mass is 10.1. The summed E-state index contributed by atoms with van der Waals surface area (Å²) >= 11 is 1.34. The van der Waals surface area contributed by atoms with Gasteiger partial charge in [-0.05, 0) is 30.3 Å². The van der Waals surface area contributed by atoms with E-state index in [9.17, 15) is 9.18 Å². The minimum atomic E-state index is -0.369. The molecule has 4 aromatic rings. The van der Waals surface area contributed by atoms with Gasteiger partial charge in [0, 0.05) is 16.5 Å². The summed E-state index contributed by atoms with van der Waals surface area (Å²) in [5.41, 5.74) is 2.69. The van der Waals surface area contributed by atoms with Crippen molar-refractivity contribution < 1.29 is 18.7 Å². The fourth-order valence-electron chi connectivity index (χ4n) is 3.23. The smallest absolute Gasteiger partial charge is 0.263 e. The molecule has 5 nitrogen and oxygen atoms in total. The molecule has 156 valence electrons.